The Hall–Kier alpha value is -2.02. The van der Waals surface area contributed by atoms with Crippen molar-refractivity contribution < 1.29 is 27.1 Å². The minimum Gasteiger partial charge on any atom is -0.466 e. The summed E-state index contributed by atoms with van der Waals surface area (Å²) in [5.74, 6) is -0.446. The van der Waals surface area contributed by atoms with Crippen LogP contribution in [0.5, 0.6) is 0 Å². The molecule has 2 aromatic rings. The molecule has 1 atom stereocenters. The Balaban J connectivity index is 2.11. The lowest BCUT2D eigenvalue weighted by Crippen LogP contribution is -2.27. The summed E-state index contributed by atoms with van der Waals surface area (Å²) < 4.78 is 49.2. The van der Waals surface area contributed by atoms with Crippen molar-refractivity contribution in [1.82, 2.24) is 0 Å². The van der Waals surface area contributed by atoms with E-state index in [-0.39, 0.29) is 12.8 Å². The van der Waals surface area contributed by atoms with Gasteiger partial charge in [0.1, 0.15) is 5.58 Å². The summed E-state index contributed by atoms with van der Waals surface area (Å²) in [7, 11) is 0. The molecule has 0 fully saturated rings. The van der Waals surface area contributed by atoms with Gasteiger partial charge < -0.3 is 14.9 Å². The van der Waals surface area contributed by atoms with Crippen molar-refractivity contribution in [1.29, 1.82) is 0 Å². The Bertz CT molecular complexity index is 694. The van der Waals surface area contributed by atoms with Gasteiger partial charge in [-0.05, 0) is 36.6 Å². The number of carbonyl (C=O) groups excluding carboxylic acids is 1. The first kappa shape index (κ1) is 18.3. The molecule has 0 saturated carbocycles. The lowest BCUT2D eigenvalue weighted by Gasteiger charge is -2.14. The van der Waals surface area contributed by atoms with E-state index >= 15 is 0 Å². The summed E-state index contributed by atoms with van der Waals surface area (Å²) in [5.41, 5.74) is 5.84. The third-order valence-electron chi connectivity index (χ3n) is 3.63. The molecule has 24 heavy (non-hydrogen) atoms. The molecule has 1 unspecified atom stereocenters. The van der Waals surface area contributed by atoms with Crippen molar-refractivity contribution in [2.75, 3.05) is 6.61 Å². The van der Waals surface area contributed by atoms with Crippen LogP contribution in [0.4, 0.5) is 13.2 Å². The first-order valence-corrected chi connectivity index (χ1v) is 7.79. The molecule has 2 N–H and O–H groups in total. The first-order valence-electron chi connectivity index (χ1n) is 7.79. The monoisotopic (exact) mass is 343 g/mol. The van der Waals surface area contributed by atoms with E-state index in [9.17, 15) is 18.0 Å². The number of furan rings is 1. The zero-order valence-corrected chi connectivity index (χ0v) is 13.4. The minimum absolute atomic E-state index is 0.0534. The van der Waals surface area contributed by atoms with Gasteiger partial charge in [-0.15, -0.1) is 0 Å². The maximum atomic E-state index is 13.0. The zero-order chi connectivity index (χ0) is 17.7. The number of rotatable bonds is 7. The van der Waals surface area contributed by atoms with Crippen LogP contribution in [-0.2, 0) is 22.1 Å². The molecule has 2 rings (SSSR count). The summed E-state index contributed by atoms with van der Waals surface area (Å²) in [6.45, 7) is 2.30. The van der Waals surface area contributed by atoms with Crippen LogP contribution in [0.1, 0.15) is 37.3 Å². The van der Waals surface area contributed by atoms with Gasteiger partial charge in [-0.3, -0.25) is 4.79 Å². The van der Waals surface area contributed by atoms with Crippen molar-refractivity contribution in [3.63, 3.8) is 0 Å². The fourth-order valence-electron chi connectivity index (χ4n) is 2.43. The number of unbranched alkanes of at least 4 members (excludes halogenated alkanes) is 1. The topological polar surface area (TPSA) is 65.5 Å². The maximum absolute atomic E-state index is 13.0. The van der Waals surface area contributed by atoms with Gasteiger partial charge in [0.2, 0.25) is 0 Å². The molecule has 4 nitrogen and oxygen atoms in total. The van der Waals surface area contributed by atoms with Gasteiger partial charge in [0.15, 0.2) is 0 Å². The lowest BCUT2D eigenvalue weighted by molar-refractivity contribution is -0.144. The predicted octanol–water partition coefficient (Wildman–Crippen LogP) is 4.05. The molecule has 132 valence electrons. The van der Waals surface area contributed by atoms with Gasteiger partial charge in [0.25, 0.3) is 0 Å². The number of nitrogens with two attached hydrogens (primary N) is 1. The Labute approximate surface area is 137 Å². The molecule has 0 aliphatic rings. The highest BCUT2D eigenvalue weighted by Gasteiger charge is 2.32. The molecule has 0 spiro atoms. The number of hydrogen-bond donors (Lipinski definition) is 1. The van der Waals surface area contributed by atoms with Crippen LogP contribution in [0.15, 0.2) is 28.9 Å². The zero-order valence-electron chi connectivity index (χ0n) is 13.4. The fourth-order valence-corrected chi connectivity index (χ4v) is 2.43. The molecule has 1 heterocycles. The molecule has 1 aromatic heterocycles. The first-order chi connectivity index (χ1) is 11.3. The smallest absolute Gasteiger partial charge is 0.416 e. The van der Waals surface area contributed by atoms with Crippen molar-refractivity contribution >= 4 is 16.9 Å². The molecule has 0 aliphatic carbocycles. The Morgan fingerprint density at radius 1 is 1.38 bits per heavy atom. The second kappa shape index (κ2) is 7.70. The Morgan fingerprint density at radius 3 is 2.79 bits per heavy atom. The molecular formula is C17H20F3NO3. The van der Waals surface area contributed by atoms with Crippen LogP contribution >= 0.6 is 0 Å². The van der Waals surface area contributed by atoms with Crippen molar-refractivity contribution in [3.8, 4) is 0 Å². The summed E-state index contributed by atoms with van der Waals surface area (Å²) in [6, 6.07) is 2.88. The van der Waals surface area contributed by atoms with E-state index in [1.165, 1.54) is 12.3 Å². The molecule has 0 bridgehead atoms. The number of carbonyl (C=O) groups is 1. The highest BCUT2D eigenvalue weighted by molar-refractivity contribution is 5.81. The van der Waals surface area contributed by atoms with Crippen molar-refractivity contribution in [2.24, 2.45) is 5.73 Å². The van der Waals surface area contributed by atoms with E-state index in [1.807, 2.05) is 6.92 Å². The van der Waals surface area contributed by atoms with Crippen LogP contribution in [0.2, 0.25) is 0 Å². The second-order valence-corrected chi connectivity index (χ2v) is 5.71. The number of fused-ring (bicyclic) bond motifs is 1. The second-order valence-electron chi connectivity index (χ2n) is 5.71. The molecule has 0 radical (unpaired) electrons. The molecule has 7 heteroatoms. The van der Waals surface area contributed by atoms with Crippen LogP contribution in [0.25, 0.3) is 11.0 Å². The molecule has 1 aromatic carbocycles. The maximum Gasteiger partial charge on any atom is 0.416 e. The van der Waals surface area contributed by atoms with E-state index in [4.69, 9.17) is 14.9 Å². The summed E-state index contributed by atoms with van der Waals surface area (Å²) >= 11 is 0. The predicted molar refractivity (Wildman–Crippen MR) is 83.4 cm³/mol. The molecule has 0 aliphatic heterocycles. The highest BCUT2D eigenvalue weighted by atomic mass is 19.4. The van der Waals surface area contributed by atoms with Gasteiger partial charge in [-0.25, -0.2) is 0 Å². The summed E-state index contributed by atoms with van der Waals surface area (Å²) in [5, 5.41) is 0.359. The Morgan fingerprint density at radius 2 is 2.12 bits per heavy atom. The van der Waals surface area contributed by atoms with Crippen molar-refractivity contribution in [3.05, 3.63) is 35.6 Å². The molecular weight excluding hydrogens is 323 g/mol. The standard InChI is InChI=1S/C17H20F3NO3/c1-2-3-5-23-15(22)10-14(21)9-12-8-13(17(18,19)20)7-11-4-6-24-16(11)12/h4,6-8,14H,2-3,5,9-10,21H2,1H3. The largest absolute Gasteiger partial charge is 0.466 e. The number of ether oxygens (including phenoxy) is 1. The van der Waals surface area contributed by atoms with E-state index in [0.717, 1.165) is 25.0 Å². The summed E-state index contributed by atoms with van der Waals surface area (Å²) in [6.07, 6.45) is -1.41. The number of benzene rings is 1. The SMILES string of the molecule is CCCCOC(=O)CC(N)Cc1cc(C(F)(F)F)cc2ccoc12. The summed E-state index contributed by atoms with van der Waals surface area (Å²) in [4.78, 5) is 11.7. The average molecular weight is 343 g/mol. The highest BCUT2D eigenvalue weighted by Crippen LogP contribution is 2.34. The Kier molecular flexibility index (Phi) is 5.88. The van der Waals surface area contributed by atoms with Gasteiger partial charge >= 0.3 is 12.1 Å². The molecule has 0 saturated heterocycles. The number of esters is 1. The van der Waals surface area contributed by atoms with E-state index in [0.29, 0.717) is 23.1 Å². The number of halogens is 3. The van der Waals surface area contributed by atoms with Crippen LogP contribution in [0, 0.1) is 0 Å². The lowest BCUT2D eigenvalue weighted by atomic mass is 9.99. The van der Waals surface area contributed by atoms with E-state index in [2.05, 4.69) is 0 Å². The van der Waals surface area contributed by atoms with Gasteiger partial charge in [-0.1, -0.05) is 13.3 Å². The third kappa shape index (κ3) is 4.74. The van der Waals surface area contributed by atoms with E-state index in [1.54, 1.807) is 0 Å². The van der Waals surface area contributed by atoms with Gasteiger partial charge in [0.05, 0.1) is 24.9 Å². The third-order valence-corrected chi connectivity index (χ3v) is 3.63. The van der Waals surface area contributed by atoms with Crippen LogP contribution in [-0.4, -0.2) is 18.6 Å². The van der Waals surface area contributed by atoms with Gasteiger partial charge in [-0.2, -0.15) is 13.2 Å². The van der Waals surface area contributed by atoms with Gasteiger partial charge in [0, 0.05) is 11.4 Å². The van der Waals surface area contributed by atoms with Crippen LogP contribution in [0.3, 0.4) is 0 Å². The van der Waals surface area contributed by atoms with E-state index < -0.39 is 23.8 Å². The fraction of sp³-hybridized carbons (Fsp3) is 0.471. The normalized spacial score (nSPS) is 13.2. The van der Waals surface area contributed by atoms with Crippen molar-refractivity contribution in [2.45, 2.75) is 44.8 Å². The average Bonchev–Trinajstić information content (AvgIpc) is 2.95. The van der Waals surface area contributed by atoms with Crippen LogP contribution < -0.4 is 5.73 Å². The minimum atomic E-state index is -4.45. The molecule has 0 amide bonds. The number of alkyl halides is 3. The number of hydrogen-bond acceptors (Lipinski definition) is 4. The quantitative estimate of drug-likeness (QED) is 0.608.